The van der Waals surface area contributed by atoms with Gasteiger partial charge < -0.3 is 4.98 Å². The fraction of sp³-hybridized carbons (Fsp3) is 0.167. The van der Waals surface area contributed by atoms with Gasteiger partial charge in [0.1, 0.15) is 5.82 Å². The van der Waals surface area contributed by atoms with Gasteiger partial charge in [0, 0.05) is 0 Å². The average molecular weight is 320 g/mol. The van der Waals surface area contributed by atoms with E-state index in [9.17, 15) is 9.18 Å². The average Bonchev–Trinajstić information content (AvgIpc) is 3.30. The van der Waals surface area contributed by atoms with Crippen molar-refractivity contribution < 1.29 is 9.18 Å². The molecule has 2 aromatic carbocycles. The third-order valence-electron chi connectivity index (χ3n) is 4.40. The number of carbonyl (C=O) groups is 1. The molecule has 0 aliphatic heterocycles. The zero-order chi connectivity index (χ0) is 16.7. The van der Waals surface area contributed by atoms with Crippen molar-refractivity contribution in [1.29, 1.82) is 5.26 Å². The van der Waals surface area contributed by atoms with Crippen LogP contribution in [0.2, 0.25) is 0 Å². The molecule has 1 heterocycles. The molecule has 1 amide bonds. The molecule has 4 rings (SSSR count). The largest absolute Gasteiger partial charge is 0.324 e. The lowest BCUT2D eigenvalue weighted by atomic mass is 9.95. The lowest BCUT2D eigenvalue weighted by Crippen LogP contribution is -2.28. The number of nitrogens with zero attached hydrogens (tertiary/aromatic N) is 2. The molecule has 5 nitrogen and oxygen atoms in total. The summed E-state index contributed by atoms with van der Waals surface area (Å²) in [6, 6.07) is 13.3. The third kappa shape index (κ3) is 2.31. The highest BCUT2D eigenvalue weighted by molar-refractivity contribution is 6.01. The lowest BCUT2D eigenvalue weighted by Gasteiger charge is -2.14. The number of H-pyrrole nitrogens is 1. The number of anilines is 1. The van der Waals surface area contributed by atoms with Crippen molar-refractivity contribution in [3.63, 3.8) is 0 Å². The minimum Gasteiger partial charge on any atom is -0.324 e. The Hall–Kier alpha value is -3.20. The first-order chi connectivity index (χ1) is 11.6. The predicted molar refractivity (Wildman–Crippen MR) is 86.8 cm³/mol. The Balaban J connectivity index is 1.61. The zero-order valence-electron chi connectivity index (χ0n) is 12.6. The predicted octanol–water partition coefficient (Wildman–Crippen LogP) is 3.24. The highest BCUT2D eigenvalue weighted by Crippen LogP contribution is 2.49. The van der Waals surface area contributed by atoms with Crippen LogP contribution in [0.15, 0.2) is 42.5 Å². The summed E-state index contributed by atoms with van der Waals surface area (Å²) in [4.78, 5) is 20.0. The molecule has 6 heteroatoms. The lowest BCUT2D eigenvalue weighted by molar-refractivity contribution is -0.118. The summed E-state index contributed by atoms with van der Waals surface area (Å²) in [6.45, 7) is 0. The van der Waals surface area contributed by atoms with Crippen molar-refractivity contribution in [2.75, 3.05) is 5.32 Å². The normalized spacial score (nSPS) is 15.0. The minimum atomic E-state index is -0.682. The summed E-state index contributed by atoms with van der Waals surface area (Å²) in [6.07, 6.45) is 1.36. The molecule has 1 aliphatic carbocycles. The number of hydrogen-bond acceptors (Lipinski definition) is 3. The number of aromatic amines is 1. The van der Waals surface area contributed by atoms with Gasteiger partial charge in [-0.05, 0) is 48.7 Å². The number of amides is 1. The Bertz CT molecular complexity index is 998. The van der Waals surface area contributed by atoms with Crippen LogP contribution < -0.4 is 5.32 Å². The number of carbonyl (C=O) groups excluding carboxylic acids is 1. The van der Waals surface area contributed by atoms with E-state index in [1.807, 2.05) is 0 Å². The minimum absolute atomic E-state index is 0.201. The molecule has 1 aromatic heterocycles. The van der Waals surface area contributed by atoms with Crippen LogP contribution in [0, 0.1) is 17.1 Å². The van der Waals surface area contributed by atoms with Crippen LogP contribution >= 0.6 is 0 Å². The molecule has 118 valence electrons. The van der Waals surface area contributed by atoms with Crippen molar-refractivity contribution in [2.45, 2.75) is 18.3 Å². The fourth-order valence-electron chi connectivity index (χ4n) is 2.92. The number of nitrogens with one attached hydrogen (secondary N) is 2. The molecule has 1 fully saturated rings. The van der Waals surface area contributed by atoms with E-state index in [-0.39, 0.29) is 11.7 Å². The molecule has 24 heavy (non-hydrogen) atoms. The van der Waals surface area contributed by atoms with Crippen LogP contribution in [0.1, 0.15) is 24.0 Å². The Labute approximate surface area is 137 Å². The quantitative estimate of drug-likeness (QED) is 0.777. The maximum atomic E-state index is 13.5. The molecular weight excluding hydrogens is 307 g/mol. The molecule has 0 bridgehead atoms. The highest BCUT2D eigenvalue weighted by Gasteiger charge is 2.51. The molecule has 1 aliphatic rings. The molecule has 2 N–H and O–H groups in total. The summed E-state index contributed by atoms with van der Waals surface area (Å²) in [5.41, 5.74) is 1.86. The monoisotopic (exact) mass is 320 g/mol. The van der Waals surface area contributed by atoms with E-state index < -0.39 is 5.41 Å². The van der Waals surface area contributed by atoms with E-state index >= 15 is 0 Å². The van der Waals surface area contributed by atoms with Crippen molar-refractivity contribution in [2.24, 2.45) is 0 Å². The second-order valence-electron chi connectivity index (χ2n) is 5.98. The van der Waals surface area contributed by atoms with Crippen molar-refractivity contribution in [1.82, 2.24) is 9.97 Å². The van der Waals surface area contributed by atoms with Crippen molar-refractivity contribution >= 4 is 22.9 Å². The molecule has 0 radical (unpaired) electrons. The SMILES string of the molecule is N#Cc1ccc2nc(NC(=O)C3(c4cccc(F)c4)CC3)[nH]c2c1. The number of fused-ring (bicyclic) bond motifs is 1. The first-order valence-electron chi connectivity index (χ1n) is 7.58. The van der Waals surface area contributed by atoms with Crippen LogP contribution in [0.3, 0.4) is 0 Å². The number of nitriles is 1. The van der Waals surface area contributed by atoms with Crippen LogP contribution in [0.4, 0.5) is 10.3 Å². The topological polar surface area (TPSA) is 81.6 Å². The zero-order valence-corrected chi connectivity index (χ0v) is 12.6. The summed E-state index contributed by atoms with van der Waals surface area (Å²) in [7, 11) is 0. The molecule has 1 saturated carbocycles. The molecule has 0 spiro atoms. The van der Waals surface area contributed by atoms with Crippen LogP contribution in [-0.4, -0.2) is 15.9 Å². The number of imidazole rings is 1. The fourth-order valence-corrected chi connectivity index (χ4v) is 2.92. The van der Waals surface area contributed by atoms with E-state index in [0.717, 1.165) is 0 Å². The van der Waals surface area contributed by atoms with Gasteiger partial charge in [0.15, 0.2) is 0 Å². The van der Waals surface area contributed by atoms with Crippen LogP contribution in [-0.2, 0) is 10.2 Å². The molecule has 0 atom stereocenters. The Morgan fingerprint density at radius 2 is 2.12 bits per heavy atom. The van der Waals surface area contributed by atoms with E-state index in [0.29, 0.717) is 41.0 Å². The van der Waals surface area contributed by atoms with Gasteiger partial charge in [-0.3, -0.25) is 10.1 Å². The number of rotatable bonds is 3. The molecule has 0 unspecified atom stereocenters. The van der Waals surface area contributed by atoms with E-state index in [1.54, 1.807) is 30.3 Å². The number of benzene rings is 2. The van der Waals surface area contributed by atoms with Gasteiger partial charge in [0.2, 0.25) is 11.9 Å². The first kappa shape index (κ1) is 14.4. The van der Waals surface area contributed by atoms with Gasteiger partial charge in [-0.1, -0.05) is 12.1 Å². The molecule has 0 saturated heterocycles. The standard InChI is InChI=1S/C18H13FN4O/c19-13-3-1-2-12(9-13)18(6-7-18)16(24)23-17-21-14-5-4-11(10-20)8-15(14)22-17/h1-5,8-9H,6-7H2,(H2,21,22,23,24). The third-order valence-corrected chi connectivity index (χ3v) is 4.40. The van der Waals surface area contributed by atoms with Gasteiger partial charge in [0.25, 0.3) is 0 Å². The number of hydrogen-bond donors (Lipinski definition) is 2. The summed E-state index contributed by atoms with van der Waals surface area (Å²) in [5, 5.41) is 11.7. The van der Waals surface area contributed by atoms with E-state index in [2.05, 4.69) is 21.4 Å². The highest BCUT2D eigenvalue weighted by atomic mass is 19.1. The van der Waals surface area contributed by atoms with Gasteiger partial charge in [-0.15, -0.1) is 0 Å². The Kier molecular flexibility index (Phi) is 3.10. The van der Waals surface area contributed by atoms with E-state index in [1.165, 1.54) is 12.1 Å². The number of halogens is 1. The number of aromatic nitrogens is 2. The van der Waals surface area contributed by atoms with Gasteiger partial charge in [-0.25, -0.2) is 9.37 Å². The second kappa shape index (κ2) is 5.17. The first-order valence-corrected chi connectivity index (χ1v) is 7.58. The Morgan fingerprint density at radius 3 is 2.83 bits per heavy atom. The van der Waals surface area contributed by atoms with Crippen molar-refractivity contribution in [3.8, 4) is 6.07 Å². The van der Waals surface area contributed by atoms with Crippen LogP contribution in [0.25, 0.3) is 11.0 Å². The smallest absolute Gasteiger partial charge is 0.237 e. The maximum Gasteiger partial charge on any atom is 0.237 e. The molecular formula is C18H13FN4O. The Morgan fingerprint density at radius 1 is 1.29 bits per heavy atom. The van der Waals surface area contributed by atoms with Gasteiger partial charge in [0.05, 0.1) is 28.1 Å². The molecule has 3 aromatic rings. The second-order valence-corrected chi connectivity index (χ2v) is 5.98. The van der Waals surface area contributed by atoms with Gasteiger partial charge >= 0.3 is 0 Å². The van der Waals surface area contributed by atoms with Gasteiger partial charge in [-0.2, -0.15) is 5.26 Å². The maximum absolute atomic E-state index is 13.5. The summed E-state index contributed by atoms with van der Waals surface area (Å²) in [5.74, 6) is -0.222. The summed E-state index contributed by atoms with van der Waals surface area (Å²) >= 11 is 0. The van der Waals surface area contributed by atoms with Crippen molar-refractivity contribution in [3.05, 3.63) is 59.4 Å². The van der Waals surface area contributed by atoms with Crippen LogP contribution in [0.5, 0.6) is 0 Å². The summed E-state index contributed by atoms with van der Waals surface area (Å²) < 4.78 is 13.5. The van der Waals surface area contributed by atoms with E-state index in [4.69, 9.17) is 5.26 Å².